The zero-order chi connectivity index (χ0) is 46.4. The Kier molecular flexibility index (Phi) is 33.2. The third-order valence-electron chi connectivity index (χ3n) is 7.47. The van der Waals surface area contributed by atoms with Crippen LogP contribution >= 0.6 is 71.6 Å². The van der Waals surface area contributed by atoms with Crippen LogP contribution in [-0.2, 0) is 57.7 Å². The van der Waals surface area contributed by atoms with Gasteiger partial charge >= 0.3 is 118 Å². The zero-order valence-corrected chi connectivity index (χ0v) is 51.9. The van der Waals surface area contributed by atoms with Gasteiger partial charge in [0, 0.05) is 37.4 Å². The molecule has 1 aliphatic rings. The molecule has 4 aromatic rings. The molecule has 3 aromatic carbocycles. The second-order valence-electron chi connectivity index (χ2n) is 11.3. The van der Waals surface area contributed by atoms with Gasteiger partial charge in [0.1, 0.15) is 43.0 Å². The number of ether oxygens (including phenoxy) is 1. The number of sulfone groups is 1. The molecule has 0 radical (unpaired) electrons. The number of anilines is 5. The summed E-state index contributed by atoms with van der Waals surface area (Å²) in [7, 11) is -15.2. The monoisotopic (exact) mass is 1310 g/mol. The van der Waals surface area contributed by atoms with Crippen molar-refractivity contribution in [3.63, 3.8) is 0 Å². The number of hydrogen-bond donors (Lipinski definition) is 4. The van der Waals surface area contributed by atoms with Gasteiger partial charge in [0.15, 0.2) is 22.2 Å². The predicted octanol–water partition coefficient (Wildman–Crippen LogP) is -8.20. The third-order valence-corrected chi connectivity index (χ3v) is 12.1. The normalized spacial score (nSPS) is 12.8. The first-order valence-corrected chi connectivity index (χ1v) is 29.7. The number of nitrogens with two attached hydrogens (primary N) is 2. The molecule has 0 atom stereocenters. The van der Waals surface area contributed by atoms with Crippen molar-refractivity contribution in [3.05, 3.63) is 47.7 Å². The van der Waals surface area contributed by atoms with Gasteiger partial charge in [0.2, 0.25) is 17.2 Å². The summed E-state index contributed by atoms with van der Waals surface area (Å²) in [6, 6.07) is 6.89. The second-order valence-corrected chi connectivity index (χ2v) is 20.8. The summed E-state index contributed by atoms with van der Waals surface area (Å²) in [6.07, 6.45) is 0. The maximum Gasteiger partial charge on any atom is 1.00 e. The van der Waals surface area contributed by atoms with Gasteiger partial charge in [-0.3, -0.25) is 17.8 Å². The van der Waals surface area contributed by atoms with Crippen LogP contribution in [0.4, 0.5) is 51.7 Å². The molecule has 0 bridgehead atoms. The molecule has 1 saturated heterocycles. The largest absolute Gasteiger partial charge is 1.00 e. The van der Waals surface area contributed by atoms with Crippen molar-refractivity contribution >= 4 is 153 Å². The van der Waals surface area contributed by atoms with Gasteiger partial charge in [0.05, 0.1) is 85.6 Å². The van der Waals surface area contributed by atoms with E-state index in [0.29, 0.717) is 50.5 Å². The van der Waals surface area contributed by atoms with E-state index in [-0.39, 0.29) is 181 Å². The van der Waals surface area contributed by atoms with Crippen LogP contribution < -0.4 is 150 Å². The van der Waals surface area contributed by atoms with Gasteiger partial charge in [-0.25, -0.2) is 25.3 Å². The van der Waals surface area contributed by atoms with Crippen molar-refractivity contribution in [1.82, 2.24) is 15.0 Å². The predicted molar refractivity (Wildman–Crippen MR) is 230 cm³/mol. The molecule has 6 N–H and O–H groups in total. The number of halogens is 3. The molecule has 0 aliphatic carbocycles. The van der Waals surface area contributed by atoms with Gasteiger partial charge in [-0.2, -0.15) is 19.3 Å². The van der Waals surface area contributed by atoms with E-state index in [4.69, 9.17) is 31.4 Å². The summed E-state index contributed by atoms with van der Waals surface area (Å²) in [6.45, 7) is 1.27. The average molecular weight is 1320 g/mol. The van der Waals surface area contributed by atoms with Crippen LogP contribution in [0.25, 0.3) is 0 Å². The summed E-state index contributed by atoms with van der Waals surface area (Å²) < 4.78 is 123. The molecular weight excluding hydrogens is 1290 g/mol. The van der Waals surface area contributed by atoms with Crippen molar-refractivity contribution in [1.29, 1.82) is 3.56 Å². The number of azo groups is 2. The Morgan fingerprint density at radius 2 is 1.45 bits per heavy atom. The Hall–Kier alpha value is 0.770. The molecule has 0 unspecified atom stereocenters. The number of rotatable bonds is 19. The minimum atomic E-state index is -5.47. The fourth-order valence-electron chi connectivity index (χ4n) is 4.79. The minimum absolute atomic E-state index is 0. The van der Waals surface area contributed by atoms with Gasteiger partial charge in [0.25, 0.3) is 0 Å². The fourth-order valence-corrected chi connectivity index (χ4v) is 8.12. The molecule has 0 spiro atoms. The van der Waals surface area contributed by atoms with E-state index in [1.54, 1.807) is 0 Å². The van der Waals surface area contributed by atoms with E-state index in [2.05, 4.69) is 82.3 Å². The van der Waals surface area contributed by atoms with Gasteiger partial charge in [-0.15, -0.1) is 24.8 Å². The number of nitrogens with zero attached hydrogens (tertiary/aromatic N) is 8. The number of hydrogen-bond acceptors (Lipinski definition) is 30. The maximum absolute atomic E-state index is 12.7. The Labute approximate surface area is 503 Å². The smallest absolute Gasteiger partial charge is 0.744 e. The summed E-state index contributed by atoms with van der Waals surface area (Å²) in [5, 5.41) is 45.0. The van der Waals surface area contributed by atoms with Crippen LogP contribution in [0, 0.1) is 3.56 Å². The summed E-state index contributed by atoms with van der Waals surface area (Å²) >= 11 is 8.42. The van der Waals surface area contributed by atoms with Crippen molar-refractivity contribution in [2.75, 3.05) is 60.3 Å². The van der Waals surface area contributed by atoms with Crippen LogP contribution in [0.1, 0.15) is 0 Å². The third kappa shape index (κ3) is 21.3. The SMILES string of the molecule is N=II.Nc1c(N=Nc2ccc(S(=O)(=O)CCOSOO[O-])cc2S(=O)(=O)[O-])cc(S(=O)(=O)[O-])c(N)c1N=Nc1cc(Nc2nc(Cl)nc(N3CCOCC3)n2)ccc1SOO[O-].[Na+].[Na+].[Na+].[Na+]. The molecule has 5 rings (SSSR count). The number of nitrogen functional groups attached to an aromatic ring is 2. The van der Waals surface area contributed by atoms with E-state index in [1.165, 1.54) is 18.2 Å². The van der Waals surface area contributed by atoms with E-state index in [9.17, 15) is 44.9 Å². The Morgan fingerprint density at radius 3 is 2.06 bits per heavy atom. The number of morpholine rings is 1. The Morgan fingerprint density at radius 1 is 0.836 bits per heavy atom. The van der Waals surface area contributed by atoms with E-state index in [0.717, 1.165) is 12.1 Å². The zero-order valence-electron chi connectivity index (χ0n) is 34.7. The van der Waals surface area contributed by atoms with E-state index >= 15 is 0 Å². The number of aromatic nitrogens is 3. The number of benzene rings is 3. The van der Waals surface area contributed by atoms with Crippen molar-refractivity contribution in [2.45, 2.75) is 19.6 Å². The van der Waals surface area contributed by atoms with Crippen LogP contribution in [0.3, 0.4) is 0 Å². The first-order valence-electron chi connectivity index (χ1n) is 16.1. The molecule has 40 heteroatoms. The van der Waals surface area contributed by atoms with Crippen LogP contribution in [0.5, 0.6) is 0 Å². The molecule has 1 aromatic heterocycles. The quantitative estimate of drug-likeness (QED) is 0.00779. The molecule has 67 heavy (non-hydrogen) atoms. The number of nitrogens with one attached hydrogen (secondary N) is 2. The van der Waals surface area contributed by atoms with Crippen molar-refractivity contribution in [2.24, 2.45) is 20.5 Å². The van der Waals surface area contributed by atoms with Crippen molar-refractivity contribution < 1.29 is 191 Å². The molecule has 28 nitrogen and oxygen atoms in total. The molecular formula is C27H25ClI2N12Na4O16S5. The molecule has 0 saturated carbocycles. The van der Waals surface area contributed by atoms with Crippen molar-refractivity contribution in [3.8, 4) is 0 Å². The molecule has 344 valence electrons. The minimum Gasteiger partial charge on any atom is -0.744 e. The maximum atomic E-state index is 12.7. The summed E-state index contributed by atoms with van der Waals surface area (Å²) in [5.41, 5.74) is 8.86. The fraction of sp³-hybridized carbons (Fsp3) is 0.222. The summed E-state index contributed by atoms with van der Waals surface area (Å²) in [4.78, 5) is 11.5. The van der Waals surface area contributed by atoms with E-state index < -0.39 is 85.6 Å². The first-order chi connectivity index (χ1) is 29.8. The Bertz CT molecular complexity index is 2700. The average Bonchev–Trinajstić information content (AvgIpc) is 3.22. The Balaban J connectivity index is 0.00000605. The topological polar surface area (TPSA) is 429 Å². The van der Waals surface area contributed by atoms with E-state index in [1.807, 2.05) is 4.90 Å². The van der Waals surface area contributed by atoms with Gasteiger partial charge in [-0.05, 0) is 54.1 Å². The second kappa shape index (κ2) is 32.8. The molecule has 1 fully saturated rings. The standard InChI is InChI=1S/C27H28ClN11O16S5.HI2N.4Na/c28-25-32-26(34-27(33-25)39-5-7-50-8-6-39)31-14-1-4-19(56-54-52-40)17(11-14)36-38-24-22(29)18(13-21(23(24)30)60(47,48)49)37-35-16-3-2-15(12-20(16)59(44,45)46)58(42,43)10-9-51-57-55-53-41;1-2-3;;;;/h1-4,11-13,40-41H,5-10,29-30H2,(H,44,45,46)(H,47,48,49)(H,31,32,33,34);3H;;;;/q;;4*+1/p-4. The molecule has 1 aliphatic heterocycles. The van der Waals surface area contributed by atoms with Gasteiger partial charge < -0.3 is 46.0 Å². The van der Waals surface area contributed by atoms with Crippen LogP contribution in [0.2, 0.25) is 5.28 Å². The van der Waals surface area contributed by atoms with Crippen LogP contribution in [0.15, 0.2) is 82.5 Å². The van der Waals surface area contributed by atoms with Gasteiger partial charge in [-0.1, -0.05) is 0 Å². The summed E-state index contributed by atoms with van der Waals surface area (Å²) in [5.74, 6) is -0.517. The molecule has 0 amide bonds. The molecule has 2 heterocycles. The van der Waals surface area contributed by atoms with Crippen LogP contribution in [-0.4, -0.2) is 88.0 Å². The first kappa shape index (κ1) is 67.8.